The van der Waals surface area contributed by atoms with Crippen LogP contribution in [0.25, 0.3) is 0 Å². The van der Waals surface area contributed by atoms with E-state index in [4.69, 9.17) is 11.6 Å². The maximum absolute atomic E-state index is 11.3. The molecule has 0 saturated carbocycles. The van der Waals surface area contributed by atoms with Gasteiger partial charge in [-0.1, -0.05) is 23.7 Å². The third kappa shape index (κ3) is 8.78. The highest BCUT2D eigenvalue weighted by atomic mass is 35.5. The van der Waals surface area contributed by atoms with Crippen LogP contribution in [0, 0.1) is 0 Å². The van der Waals surface area contributed by atoms with Crippen LogP contribution < -0.4 is 15.4 Å². The molecule has 130 valence electrons. The van der Waals surface area contributed by atoms with Gasteiger partial charge in [0.2, 0.25) is 10.0 Å². The quantitative estimate of drug-likeness (QED) is 0.356. The summed E-state index contributed by atoms with van der Waals surface area (Å²) in [5, 5.41) is 7.03. The van der Waals surface area contributed by atoms with E-state index in [2.05, 4.69) is 20.3 Å². The highest BCUT2D eigenvalue weighted by Crippen LogP contribution is 2.11. The van der Waals surface area contributed by atoms with Crippen molar-refractivity contribution in [1.29, 1.82) is 0 Å². The average Bonchev–Trinajstić information content (AvgIpc) is 2.52. The van der Waals surface area contributed by atoms with E-state index >= 15 is 0 Å². The lowest BCUT2D eigenvalue weighted by Gasteiger charge is -2.11. The predicted molar refractivity (Wildman–Crippen MR) is 96.4 cm³/mol. The molecule has 0 aliphatic rings. The van der Waals surface area contributed by atoms with Crippen LogP contribution in [0.4, 0.5) is 0 Å². The van der Waals surface area contributed by atoms with Gasteiger partial charge < -0.3 is 10.6 Å². The Morgan fingerprint density at radius 1 is 1.22 bits per heavy atom. The second-order valence-electron chi connectivity index (χ2n) is 4.90. The molecule has 0 atom stereocenters. The molecule has 0 aliphatic carbocycles. The summed E-state index contributed by atoms with van der Waals surface area (Å²) in [6, 6.07) is 7.58. The largest absolute Gasteiger partial charge is 0.357 e. The van der Waals surface area contributed by atoms with Crippen LogP contribution >= 0.6 is 11.6 Å². The van der Waals surface area contributed by atoms with Crippen LogP contribution in [-0.2, 0) is 16.6 Å². The first-order chi connectivity index (χ1) is 11.0. The molecule has 0 aromatic heterocycles. The monoisotopic (exact) mass is 360 g/mol. The number of aliphatic imine (C=N–C) groups is 1. The van der Waals surface area contributed by atoms with E-state index in [1.165, 1.54) is 0 Å². The molecule has 1 aromatic carbocycles. The van der Waals surface area contributed by atoms with Crippen molar-refractivity contribution in [2.24, 2.45) is 4.99 Å². The number of halogens is 1. The van der Waals surface area contributed by atoms with Crippen LogP contribution in [0.15, 0.2) is 29.3 Å². The zero-order chi connectivity index (χ0) is 17.1. The van der Waals surface area contributed by atoms with Crippen molar-refractivity contribution in [3.63, 3.8) is 0 Å². The number of hydrogen-bond donors (Lipinski definition) is 3. The molecule has 0 aliphatic heterocycles. The third-order valence-corrected chi connectivity index (χ3v) is 4.64. The normalized spacial score (nSPS) is 12.2. The maximum atomic E-state index is 11.3. The van der Waals surface area contributed by atoms with Crippen molar-refractivity contribution in [3.8, 4) is 0 Å². The minimum atomic E-state index is -3.12. The first-order valence-corrected chi connectivity index (χ1v) is 9.73. The second-order valence-corrected chi connectivity index (χ2v) is 7.44. The molecule has 3 N–H and O–H groups in total. The van der Waals surface area contributed by atoms with Crippen molar-refractivity contribution < 1.29 is 8.42 Å². The molecule has 6 nitrogen and oxygen atoms in total. The van der Waals surface area contributed by atoms with Gasteiger partial charge in [0.1, 0.15) is 0 Å². The molecule has 0 saturated heterocycles. The number of sulfonamides is 1. The standard InChI is InChI=1S/C15H25ClN4O2S/c1-3-17-15(18-9-6-10-20-23(21,22)4-2)19-12-13-7-5-8-14(16)11-13/h5,7-8,11,20H,3-4,6,9-10,12H2,1-2H3,(H2,17,18,19). The van der Waals surface area contributed by atoms with Gasteiger partial charge >= 0.3 is 0 Å². The third-order valence-electron chi connectivity index (χ3n) is 3.00. The highest BCUT2D eigenvalue weighted by Gasteiger charge is 2.04. The van der Waals surface area contributed by atoms with Crippen LogP contribution in [0.3, 0.4) is 0 Å². The maximum Gasteiger partial charge on any atom is 0.211 e. The van der Waals surface area contributed by atoms with Gasteiger partial charge in [-0.25, -0.2) is 18.1 Å². The van der Waals surface area contributed by atoms with E-state index in [1.54, 1.807) is 6.92 Å². The lowest BCUT2D eigenvalue weighted by Crippen LogP contribution is -2.38. The Labute approximate surface area is 143 Å². The van der Waals surface area contributed by atoms with E-state index in [-0.39, 0.29) is 5.75 Å². The molecule has 0 amide bonds. The Hall–Kier alpha value is -1.31. The summed E-state index contributed by atoms with van der Waals surface area (Å²) in [6.45, 7) is 5.94. The first-order valence-electron chi connectivity index (χ1n) is 7.70. The Balaban J connectivity index is 2.41. The Morgan fingerprint density at radius 2 is 2.00 bits per heavy atom. The minimum absolute atomic E-state index is 0.101. The molecular weight excluding hydrogens is 336 g/mol. The van der Waals surface area contributed by atoms with E-state index in [0.29, 0.717) is 37.0 Å². The molecule has 23 heavy (non-hydrogen) atoms. The van der Waals surface area contributed by atoms with Crippen LogP contribution in [0.1, 0.15) is 25.8 Å². The van der Waals surface area contributed by atoms with E-state index in [0.717, 1.165) is 12.1 Å². The van der Waals surface area contributed by atoms with E-state index < -0.39 is 10.0 Å². The molecule has 1 aromatic rings. The zero-order valence-electron chi connectivity index (χ0n) is 13.6. The summed E-state index contributed by atoms with van der Waals surface area (Å²) < 4.78 is 25.2. The van der Waals surface area contributed by atoms with Gasteiger partial charge in [0.25, 0.3) is 0 Å². The number of nitrogens with one attached hydrogen (secondary N) is 3. The van der Waals surface area contributed by atoms with Gasteiger partial charge in [0, 0.05) is 24.7 Å². The van der Waals surface area contributed by atoms with Gasteiger partial charge in [-0.15, -0.1) is 0 Å². The number of nitrogens with zero attached hydrogens (tertiary/aromatic N) is 1. The number of benzene rings is 1. The van der Waals surface area contributed by atoms with Gasteiger partial charge in [-0.05, 0) is 38.0 Å². The van der Waals surface area contributed by atoms with E-state index in [1.807, 2.05) is 31.2 Å². The molecule has 0 spiro atoms. The van der Waals surface area contributed by atoms with Crippen molar-refractivity contribution in [1.82, 2.24) is 15.4 Å². The van der Waals surface area contributed by atoms with E-state index in [9.17, 15) is 8.42 Å². The van der Waals surface area contributed by atoms with Crippen LogP contribution in [0.5, 0.6) is 0 Å². The van der Waals surface area contributed by atoms with Crippen molar-refractivity contribution in [2.75, 3.05) is 25.4 Å². The summed E-state index contributed by atoms with van der Waals surface area (Å²) in [4.78, 5) is 4.48. The average molecular weight is 361 g/mol. The number of hydrogen-bond acceptors (Lipinski definition) is 3. The van der Waals surface area contributed by atoms with Crippen molar-refractivity contribution in [3.05, 3.63) is 34.9 Å². The zero-order valence-corrected chi connectivity index (χ0v) is 15.2. The molecule has 8 heteroatoms. The second kappa shape index (κ2) is 10.5. The molecule has 1 rings (SSSR count). The van der Waals surface area contributed by atoms with Crippen molar-refractivity contribution >= 4 is 27.6 Å². The fourth-order valence-corrected chi connectivity index (χ4v) is 2.64. The highest BCUT2D eigenvalue weighted by molar-refractivity contribution is 7.89. The molecule has 0 fully saturated rings. The summed E-state index contributed by atoms with van der Waals surface area (Å²) in [7, 11) is -3.12. The fraction of sp³-hybridized carbons (Fsp3) is 0.533. The van der Waals surface area contributed by atoms with Gasteiger partial charge in [0.05, 0.1) is 12.3 Å². The fourth-order valence-electron chi connectivity index (χ4n) is 1.77. The molecular formula is C15H25ClN4O2S. The summed E-state index contributed by atoms with van der Waals surface area (Å²) in [5.41, 5.74) is 1.03. The van der Waals surface area contributed by atoms with Crippen molar-refractivity contribution in [2.45, 2.75) is 26.8 Å². The SMILES string of the molecule is CCNC(=NCc1cccc(Cl)c1)NCCCNS(=O)(=O)CC. The minimum Gasteiger partial charge on any atom is -0.357 e. The van der Waals surface area contributed by atoms with Crippen LogP contribution in [-0.4, -0.2) is 39.8 Å². The van der Waals surface area contributed by atoms with Gasteiger partial charge in [-0.3, -0.25) is 0 Å². The molecule has 0 unspecified atom stereocenters. The van der Waals surface area contributed by atoms with Gasteiger partial charge in [-0.2, -0.15) is 0 Å². The lowest BCUT2D eigenvalue weighted by atomic mass is 10.2. The molecule has 0 bridgehead atoms. The lowest BCUT2D eigenvalue weighted by molar-refractivity contribution is 0.579. The Bertz CT molecular complexity index is 605. The molecule has 0 heterocycles. The topological polar surface area (TPSA) is 82.6 Å². The Morgan fingerprint density at radius 3 is 2.65 bits per heavy atom. The number of guanidine groups is 1. The van der Waals surface area contributed by atoms with Gasteiger partial charge in [0.15, 0.2) is 5.96 Å². The Kier molecular flexibility index (Phi) is 8.98. The smallest absolute Gasteiger partial charge is 0.211 e. The summed E-state index contributed by atoms with van der Waals surface area (Å²) in [6.07, 6.45) is 0.681. The molecule has 0 radical (unpaired) electrons. The number of rotatable bonds is 9. The predicted octanol–water partition coefficient (Wildman–Crippen LogP) is 1.72. The summed E-state index contributed by atoms with van der Waals surface area (Å²) >= 11 is 5.95. The first kappa shape index (κ1) is 19.7. The summed E-state index contributed by atoms with van der Waals surface area (Å²) in [5.74, 6) is 0.801. The van der Waals surface area contributed by atoms with Crippen LogP contribution in [0.2, 0.25) is 5.02 Å².